The number of benzene rings is 2. The molecule has 0 unspecified atom stereocenters. The lowest BCUT2D eigenvalue weighted by molar-refractivity contribution is -0.126. The van der Waals surface area contributed by atoms with E-state index in [0.29, 0.717) is 36.5 Å². The van der Waals surface area contributed by atoms with Crippen LogP contribution in [0.25, 0.3) is 22.5 Å². The lowest BCUT2D eigenvalue weighted by Crippen LogP contribution is -2.45. The molecule has 0 fully saturated rings. The smallest absolute Gasteiger partial charge is 0.241 e. The summed E-state index contributed by atoms with van der Waals surface area (Å²) in [6.45, 7) is 8.87. The number of nitrogens with zero attached hydrogens (tertiary/aromatic N) is 4. The number of ether oxygens (including phenoxy) is 1. The van der Waals surface area contributed by atoms with E-state index in [-0.39, 0.29) is 55.2 Å². The summed E-state index contributed by atoms with van der Waals surface area (Å²) in [5.41, 5.74) is 3.59. The first-order valence-corrected chi connectivity index (χ1v) is 19.8. The highest BCUT2D eigenvalue weighted by atomic mass is 33.1. The van der Waals surface area contributed by atoms with Crippen molar-refractivity contribution >= 4 is 50.9 Å². The Morgan fingerprint density at radius 3 is 2.25 bits per heavy atom. The van der Waals surface area contributed by atoms with Crippen LogP contribution in [0.1, 0.15) is 71.8 Å². The molecule has 1 aliphatic rings. The summed E-state index contributed by atoms with van der Waals surface area (Å²) in [4.78, 5) is 52.4. The lowest BCUT2D eigenvalue weighted by atomic mass is 9.95. The second-order valence-corrected chi connectivity index (χ2v) is 16.4. The Labute approximate surface area is 309 Å². The maximum atomic E-state index is 13.9. The number of para-hydroxylation sites is 1. The van der Waals surface area contributed by atoms with E-state index in [1.807, 2.05) is 62.4 Å². The molecule has 1 aliphatic heterocycles. The number of hydrogen-bond acceptors (Lipinski definition) is 9. The van der Waals surface area contributed by atoms with Crippen molar-refractivity contribution in [3.8, 4) is 22.5 Å². The highest BCUT2D eigenvalue weighted by molar-refractivity contribution is 8.76. The van der Waals surface area contributed by atoms with Gasteiger partial charge in [0.15, 0.2) is 0 Å². The summed E-state index contributed by atoms with van der Waals surface area (Å²) >= 11 is 0. The maximum Gasteiger partial charge on any atom is 0.241 e. The number of nitrogens with one attached hydrogen (secondary N) is 3. The van der Waals surface area contributed by atoms with Crippen LogP contribution in [0.3, 0.4) is 0 Å². The molecule has 4 rings (SSSR count). The molecule has 51 heavy (non-hydrogen) atoms. The molecule has 0 atom stereocenters. The van der Waals surface area contributed by atoms with Crippen molar-refractivity contribution in [2.45, 2.75) is 90.4 Å². The number of hydrogen-bond donors (Lipinski definition) is 3. The third-order valence-electron chi connectivity index (χ3n) is 8.70. The van der Waals surface area contributed by atoms with Gasteiger partial charge >= 0.3 is 0 Å². The fourth-order valence-corrected chi connectivity index (χ4v) is 8.08. The van der Waals surface area contributed by atoms with Gasteiger partial charge in [-0.15, -0.1) is 5.10 Å². The average molecular weight is 738 g/mol. The Morgan fingerprint density at radius 2 is 1.51 bits per heavy atom. The minimum absolute atomic E-state index is 0.00900. The molecule has 0 aliphatic carbocycles. The molecule has 0 radical (unpaired) electrons. The summed E-state index contributed by atoms with van der Waals surface area (Å²) in [6.07, 6.45) is 2.99. The number of aromatic nitrogens is 3. The fraction of sp³-hybridized carbons (Fsp3) is 0.514. The number of fused-ring (bicyclic) bond motifs is 5. The molecule has 276 valence electrons. The molecular weight excluding hydrogens is 687 g/mol. The third-order valence-corrected chi connectivity index (χ3v) is 11.2. The molecule has 0 saturated carbocycles. The van der Waals surface area contributed by atoms with Crippen molar-refractivity contribution in [3.63, 3.8) is 0 Å². The molecule has 2 heterocycles. The number of rotatable bonds is 18. The Hall–Kier alpha value is -3.88. The first kappa shape index (κ1) is 39.9. The summed E-state index contributed by atoms with van der Waals surface area (Å²) in [7, 11) is 6.82. The zero-order valence-electron chi connectivity index (χ0n) is 30.5. The van der Waals surface area contributed by atoms with Crippen LogP contribution in [0.2, 0.25) is 0 Å². The zero-order chi connectivity index (χ0) is 37.0. The number of anilines is 1. The molecular formula is C37H51N7O5S2. The fourth-order valence-electron chi connectivity index (χ4n) is 5.70. The van der Waals surface area contributed by atoms with Crippen molar-refractivity contribution in [1.29, 1.82) is 0 Å². The van der Waals surface area contributed by atoms with Gasteiger partial charge in [0.1, 0.15) is 12.2 Å². The Bertz CT molecular complexity index is 1680. The van der Waals surface area contributed by atoms with E-state index < -0.39 is 5.54 Å². The van der Waals surface area contributed by atoms with Crippen molar-refractivity contribution < 1.29 is 23.9 Å². The summed E-state index contributed by atoms with van der Waals surface area (Å²) in [5.74, 6) is 1.38. The summed E-state index contributed by atoms with van der Waals surface area (Å²) in [5, 5.41) is 17.2. The topological polar surface area (TPSA) is 148 Å². The van der Waals surface area contributed by atoms with E-state index in [0.717, 1.165) is 41.0 Å². The number of likely N-dealkylation sites (N-methyl/N-ethyl adjacent to an activating group) is 1. The predicted octanol–water partition coefficient (Wildman–Crippen LogP) is 5.36. The van der Waals surface area contributed by atoms with Crippen LogP contribution in [0.15, 0.2) is 48.5 Å². The molecule has 0 saturated heterocycles. The van der Waals surface area contributed by atoms with E-state index in [4.69, 9.17) is 4.74 Å². The Kier molecular flexibility index (Phi) is 14.5. The standard InChI is InChI=1S/C37H51N7O5S2/c1-36(2,19-21-49-37(3,4)20-23-51-50-22-11-16-30(45)38-5)40-31(46)17-18-33(48)43-24-26-12-7-8-13-27(26)35-34(28-14-9-10-15-29(28)43)41-42-44(35)25-32(47)39-6/h7-10,12-15H,11,16-25H2,1-6H3,(H,38,45)(H,39,47)(H,40,46). The van der Waals surface area contributed by atoms with E-state index in [1.165, 1.54) is 0 Å². The quantitative estimate of drug-likeness (QED) is 0.116. The SMILES string of the molecule is CNC(=O)CCCSSCCC(C)(C)OCCC(C)(C)NC(=O)CCC(=O)N1Cc2ccccc2-c2c(nnn2CC(=O)NC)-c2ccccc21. The van der Waals surface area contributed by atoms with Gasteiger partial charge < -0.3 is 25.6 Å². The number of amides is 4. The van der Waals surface area contributed by atoms with Crippen LogP contribution in [-0.2, 0) is 37.0 Å². The summed E-state index contributed by atoms with van der Waals surface area (Å²) < 4.78 is 7.81. The van der Waals surface area contributed by atoms with Crippen LogP contribution in [-0.4, -0.2) is 82.0 Å². The van der Waals surface area contributed by atoms with Gasteiger partial charge in [-0.2, -0.15) is 0 Å². The van der Waals surface area contributed by atoms with Crippen LogP contribution < -0.4 is 20.9 Å². The van der Waals surface area contributed by atoms with Gasteiger partial charge in [-0.05, 0) is 58.6 Å². The largest absolute Gasteiger partial charge is 0.375 e. The van der Waals surface area contributed by atoms with Gasteiger partial charge in [0.2, 0.25) is 23.6 Å². The van der Waals surface area contributed by atoms with Gasteiger partial charge in [0.05, 0.1) is 23.5 Å². The van der Waals surface area contributed by atoms with Crippen LogP contribution in [0.5, 0.6) is 0 Å². The van der Waals surface area contributed by atoms with Crippen molar-refractivity contribution in [1.82, 2.24) is 30.9 Å². The molecule has 12 nitrogen and oxygen atoms in total. The Morgan fingerprint density at radius 1 is 0.824 bits per heavy atom. The average Bonchev–Trinajstić information content (AvgIpc) is 3.50. The molecule has 2 aromatic carbocycles. The maximum absolute atomic E-state index is 13.9. The van der Waals surface area contributed by atoms with Crippen LogP contribution >= 0.6 is 21.6 Å². The van der Waals surface area contributed by atoms with E-state index in [2.05, 4.69) is 40.1 Å². The lowest BCUT2D eigenvalue weighted by Gasteiger charge is -2.31. The minimum atomic E-state index is -0.519. The highest BCUT2D eigenvalue weighted by Gasteiger charge is 2.30. The first-order valence-electron chi connectivity index (χ1n) is 17.4. The van der Waals surface area contributed by atoms with Crippen molar-refractivity contribution in [3.05, 3.63) is 54.1 Å². The zero-order valence-corrected chi connectivity index (χ0v) is 32.2. The monoisotopic (exact) mass is 737 g/mol. The van der Waals surface area contributed by atoms with Crippen molar-refractivity contribution in [2.75, 3.05) is 37.1 Å². The minimum Gasteiger partial charge on any atom is -0.375 e. The molecule has 3 N–H and O–H groups in total. The first-order chi connectivity index (χ1) is 24.3. The number of carbonyl (C=O) groups excluding carboxylic acids is 4. The predicted molar refractivity (Wildman–Crippen MR) is 205 cm³/mol. The molecule has 4 amide bonds. The van der Waals surface area contributed by atoms with Gasteiger partial charge in [0.25, 0.3) is 0 Å². The van der Waals surface area contributed by atoms with Crippen LogP contribution in [0, 0.1) is 0 Å². The second-order valence-electron chi connectivity index (χ2n) is 13.7. The van der Waals surface area contributed by atoms with Crippen molar-refractivity contribution in [2.24, 2.45) is 0 Å². The van der Waals surface area contributed by atoms with Gasteiger partial charge in [-0.25, -0.2) is 4.68 Å². The van der Waals surface area contributed by atoms with Gasteiger partial charge in [-0.1, -0.05) is 69.3 Å². The van der Waals surface area contributed by atoms with Crippen LogP contribution in [0.4, 0.5) is 5.69 Å². The molecule has 1 aromatic heterocycles. The van der Waals surface area contributed by atoms with E-state index in [9.17, 15) is 19.2 Å². The van der Waals surface area contributed by atoms with Gasteiger partial charge in [0, 0.05) is 68.1 Å². The summed E-state index contributed by atoms with van der Waals surface area (Å²) in [6, 6.07) is 15.3. The highest BCUT2D eigenvalue weighted by Crippen LogP contribution is 2.41. The number of carbonyl (C=O) groups is 4. The molecule has 0 bridgehead atoms. The second kappa shape index (κ2) is 18.6. The third kappa shape index (κ3) is 11.6. The van der Waals surface area contributed by atoms with E-state index >= 15 is 0 Å². The molecule has 3 aromatic rings. The van der Waals surface area contributed by atoms with E-state index in [1.54, 1.807) is 45.3 Å². The molecule has 0 spiro atoms. The molecule has 14 heteroatoms. The Balaban J connectivity index is 1.32. The van der Waals surface area contributed by atoms with Gasteiger partial charge in [-0.3, -0.25) is 19.2 Å². The normalized spacial score (nSPS) is 12.5.